The summed E-state index contributed by atoms with van der Waals surface area (Å²) in [6, 6.07) is 0. The maximum absolute atomic E-state index is 11.9. The summed E-state index contributed by atoms with van der Waals surface area (Å²) in [6.07, 6.45) is 6.42. The van der Waals surface area contributed by atoms with Crippen LogP contribution in [0.15, 0.2) is 0 Å². The summed E-state index contributed by atoms with van der Waals surface area (Å²) in [6.45, 7) is 1.86. The molecule has 3 nitrogen and oxygen atoms in total. The number of carbonyl (C=O) groups is 1. The van der Waals surface area contributed by atoms with Gasteiger partial charge in [-0.2, -0.15) is 0 Å². The largest absolute Gasteiger partial charge is 0.341 e. The summed E-state index contributed by atoms with van der Waals surface area (Å²) >= 11 is 0. The third-order valence-corrected chi connectivity index (χ3v) is 3.31. The Labute approximate surface area is 79.3 Å². The smallest absolute Gasteiger partial charge is 0.242 e. The van der Waals surface area contributed by atoms with Crippen molar-refractivity contribution in [3.63, 3.8) is 0 Å². The van der Waals surface area contributed by atoms with Gasteiger partial charge in [-0.05, 0) is 19.3 Å². The molecule has 74 valence electrons. The van der Waals surface area contributed by atoms with E-state index in [0.29, 0.717) is 0 Å². The molecule has 1 heterocycles. The molecule has 1 aliphatic heterocycles. The fourth-order valence-electron chi connectivity index (χ4n) is 2.23. The van der Waals surface area contributed by atoms with Crippen LogP contribution in [-0.2, 0) is 4.79 Å². The fourth-order valence-corrected chi connectivity index (χ4v) is 2.23. The summed E-state index contributed by atoms with van der Waals surface area (Å²) in [5, 5.41) is 0. The predicted octanol–water partition coefficient (Wildman–Crippen LogP) is 0.880. The second-order valence-electron chi connectivity index (χ2n) is 4.36. The van der Waals surface area contributed by atoms with Gasteiger partial charge in [0.2, 0.25) is 5.91 Å². The van der Waals surface area contributed by atoms with E-state index < -0.39 is 5.54 Å². The molecule has 0 aromatic rings. The topological polar surface area (TPSA) is 46.3 Å². The Balaban J connectivity index is 1.99. The molecule has 1 saturated carbocycles. The van der Waals surface area contributed by atoms with Crippen molar-refractivity contribution in [3.8, 4) is 0 Å². The maximum Gasteiger partial charge on any atom is 0.242 e. The van der Waals surface area contributed by atoms with Crippen LogP contribution in [0, 0.1) is 0 Å². The molecule has 0 spiro atoms. The average molecular weight is 182 g/mol. The quantitative estimate of drug-likeness (QED) is 0.654. The Kier molecular flexibility index (Phi) is 2.28. The molecule has 1 saturated heterocycles. The summed E-state index contributed by atoms with van der Waals surface area (Å²) in [5.41, 5.74) is 5.62. The summed E-state index contributed by atoms with van der Waals surface area (Å²) in [4.78, 5) is 13.8. The van der Waals surface area contributed by atoms with E-state index in [2.05, 4.69) is 0 Å². The van der Waals surface area contributed by atoms with Gasteiger partial charge in [-0.1, -0.05) is 19.3 Å². The van der Waals surface area contributed by atoms with Gasteiger partial charge in [0, 0.05) is 13.1 Å². The molecular formula is C10H18N2O. The Bertz CT molecular complexity index is 205. The molecule has 0 atom stereocenters. The number of nitrogens with zero attached hydrogens (tertiary/aromatic N) is 1. The van der Waals surface area contributed by atoms with Gasteiger partial charge < -0.3 is 10.6 Å². The van der Waals surface area contributed by atoms with Gasteiger partial charge in [0.05, 0.1) is 5.54 Å². The number of carbonyl (C=O) groups excluding carboxylic acids is 1. The average Bonchev–Trinajstić information content (AvgIpc) is 2.02. The Hall–Kier alpha value is -0.570. The zero-order chi connectivity index (χ0) is 9.31. The summed E-state index contributed by atoms with van der Waals surface area (Å²) in [5.74, 6) is 0.207. The Morgan fingerprint density at radius 2 is 1.69 bits per heavy atom. The van der Waals surface area contributed by atoms with Crippen LogP contribution in [0.4, 0.5) is 0 Å². The molecule has 1 aliphatic carbocycles. The molecule has 0 aromatic heterocycles. The Morgan fingerprint density at radius 1 is 1.08 bits per heavy atom. The van der Waals surface area contributed by atoms with Gasteiger partial charge in [-0.15, -0.1) is 0 Å². The van der Waals surface area contributed by atoms with Crippen molar-refractivity contribution in [2.24, 2.45) is 5.73 Å². The van der Waals surface area contributed by atoms with E-state index in [1.165, 1.54) is 6.42 Å². The Morgan fingerprint density at radius 3 is 2.15 bits per heavy atom. The van der Waals surface area contributed by atoms with Crippen molar-refractivity contribution in [3.05, 3.63) is 0 Å². The number of likely N-dealkylation sites (tertiary alicyclic amines) is 1. The highest BCUT2D eigenvalue weighted by Crippen LogP contribution is 2.28. The predicted molar refractivity (Wildman–Crippen MR) is 51.2 cm³/mol. The van der Waals surface area contributed by atoms with E-state index in [1.807, 2.05) is 4.90 Å². The minimum absolute atomic E-state index is 0.207. The molecule has 2 N–H and O–H groups in total. The highest BCUT2D eigenvalue weighted by Gasteiger charge is 2.39. The zero-order valence-electron chi connectivity index (χ0n) is 8.09. The molecule has 1 amide bonds. The molecule has 3 heteroatoms. The van der Waals surface area contributed by atoms with Gasteiger partial charge in [0.15, 0.2) is 0 Å². The summed E-state index contributed by atoms with van der Waals surface area (Å²) in [7, 11) is 0. The third kappa shape index (κ3) is 1.57. The number of amides is 1. The first kappa shape index (κ1) is 9.00. The maximum atomic E-state index is 11.9. The van der Waals surface area contributed by atoms with Crippen molar-refractivity contribution in [1.29, 1.82) is 0 Å². The normalized spacial score (nSPS) is 26.7. The molecule has 0 bridgehead atoms. The van der Waals surface area contributed by atoms with E-state index in [1.54, 1.807) is 0 Å². The van der Waals surface area contributed by atoms with Crippen LogP contribution in [-0.4, -0.2) is 29.4 Å². The third-order valence-electron chi connectivity index (χ3n) is 3.31. The van der Waals surface area contributed by atoms with Crippen LogP contribution >= 0.6 is 0 Å². The molecule has 2 rings (SSSR count). The first-order valence-electron chi connectivity index (χ1n) is 5.31. The van der Waals surface area contributed by atoms with Gasteiger partial charge in [-0.3, -0.25) is 4.79 Å². The molecule has 0 unspecified atom stereocenters. The van der Waals surface area contributed by atoms with Crippen LogP contribution in [0.5, 0.6) is 0 Å². The van der Waals surface area contributed by atoms with E-state index in [-0.39, 0.29) is 5.91 Å². The highest BCUT2D eigenvalue weighted by molar-refractivity contribution is 5.86. The molecule has 0 aromatic carbocycles. The molecule has 2 fully saturated rings. The van der Waals surface area contributed by atoms with Crippen LogP contribution in [0.25, 0.3) is 0 Å². The lowest BCUT2D eigenvalue weighted by atomic mass is 9.81. The number of nitrogens with two attached hydrogens (primary N) is 1. The number of hydrogen-bond donors (Lipinski definition) is 1. The standard InChI is InChI=1S/C10H18N2O/c11-10(5-2-1-3-6-10)9(13)12-7-4-8-12/h1-8,11H2. The SMILES string of the molecule is NC1(C(=O)N2CCC2)CCCCC1. The highest BCUT2D eigenvalue weighted by atomic mass is 16.2. The van der Waals surface area contributed by atoms with Gasteiger partial charge in [0.25, 0.3) is 0 Å². The van der Waals surface area contributed by atoms with Crippen LogP contribution in [0.1, 0.15) is 38.5 Å². The number of rotatable bonds is 1. The van der Waals surface area contributed by atoms with E-state index in [0.717, 1.165) is 45.2 Å². The second-order valence-corrected chi connectivity index (χ2v) is 4.36. The van der Waals surface area contributed by atoms with Gasteiger partial charge in [0.1, 0.15) is 0 Å². The molecule has 0 radical (unpaired) electrons. The molecular weight excluding hydrogens is 164 g/mol. The van der Waals surface area contributed by atoms with Gasteiger partial charge >= 0.3 is 0 Å². The van der Waals surface area contributed by atoms with Crippen LogP contribution in [0.2, 0.25) is 0 Å². The number of hydrogen-bond acceptors (Lipinski definition) is 2. The van der Waals surface area contributed by atoms with Crippen LogP contribution < -0.4 is 5.73 Å². The van der Waals surface area contributed by atoms with E-state index in [9.17, 15) is 4.79 Å². The summed E-state index contributed by atoms with van der Waals surface area (Å²) < 4.78 is 0. The lowest BCUT2D eigenvalue weighted by Crippen LogP contribution is -2.59. The van der Waals surface area contributed by atoms with Crippen molar-refractivity contribution in [1.82, 2.24) is 4.90 Å². The minimum Gasteiger partial charge on any atom is -0.341 e. The van der Waals surface area contributed by atoms with Crippen LogP contribution in [0.3, 0.4) is 0 Å². The molecule has 2 aliphatic rings. The van der Waals surface area contributed by atoms with Crippen molar-refractivity contribution >= 4 is 5.91 Å². The minimum atomic E-state index is -0.501. The second kappa shape index (κ2) is 3.29. The van der Waals surface area contributed by atoms with Crippen molar-refractivity contribution in [2.75, 3.05) is 13.1 Å². The monoisotopic (exact) mass is 182 g/mol. The molecule has 13 heavy (non-hydrogen) atoms. The van der Waals surface area contributed by atoms with Crippen molar-refractivity contribution < 1.29 is 4.79 Å². The van der Waals surface area contributed by atoms with Crippen molar-refractivity contribution in [2.45, 2.75) is 44.1 Å². The van der Waals surface area contributed by atoms with E-state index in [4.69, 9.17) is 5.73 Å². The van der Waals surface area contributed by atoms with Gasteiger partial charge in [-0.25, -0.2) is 0 Å². The first-order valence-corrected chi connectivity index (χ1v) is 5.31. The van der Waals surface area contributed by atoms with E-state index >= 15 is 0 Å². The lowest BCUT2D eigenvalue weighted by Gasteiger charge is -2.40. The fraction of sp³-hybridized carbons (Fsp3) is 0.900. The first-order chi connectivity index (χ1) is 6.22. The zero-order valence-corrected chi connectivity index (χ0v) is 8.09. The lowest BCUT2D eigenvalue weighted by molar-refractivity contribution is -0.141.